The summed E-state index contributed by atoms with van der Waals surface area (Å²) in [5, 5.41) is 14.1. The molecule has 2 saturated heterocycles. The second-order valence-corrected chi connectivity index (χ2v) is 8.30. The molecule has 3 aliphatic rings. The van der Waals surface area contributed by atoms with Crippen LogP contribution in [0.15, 0.2) is 35.0 Å². The first kappa shape index (κ1) is 16.7. The van der Waals surface area contributed by atoms with Crippen LogP contribution in [0.1, 0.15) is 12.0 Å². The molecular weight excluding hydrogens is 364 g/mol. The molecule has 0 radical (unpaired) electrons. The summed E-state index contributed by atoms with van der Waals surface area (Å²) in [5.74, 6) is -1.57. The van der Waals surface area contributed by atoms with Crippen molar-refractivity contribution in [1.82, 2.24) is 15.2 Å². The maximum Gasteiger partial charge on any atom is 0.340 e. The molecule has 27 heavy (non-hydrogen) atoms. The molecule has 7 nitrogen and oxygen atoms in total. The van der Waals surface area contributed by atoms with Gasteiger partial charge in [0.05, 0.1) is 5.69 Å². The molecule has 1 aromatic carbocycles. The van der Waals surface area contributed by atoms with Crippen LogP contribution in [-0.2, 0) is 15.1 Å². The number of carboxylic acids is 1. The van der Waals surface area contributed by atoms with E-state index in [9.17, 15) is 14.7 Å². The van der Waals surface area contributed by atoms with Crippen molar-refractivity contribution in [3.63, 3.8) is 0 Å². The number of piperazine rings is 1. The maximum absolute atomic E-state index is 13.4. The lowest BCUT2D eigenvalue weighted by Crippen LogP contribution is -2.61. The minimum atomic E-state index is -1.79. The summed E-state index contributed by atoms with van der Waals surface area (Å²) in [6, 6.07) is 7.94. The quantitative estimate of drug-likeness (QED) is 0.696. The number of anilines is 1. The van der Waals surface area contributed by atoms with Crippen molar-refractivity contribution >= 4 is 28.9 Å². The van der Waals surface area contributed by atoms with Crippen molar-refractivity contribution < 1.29 is 14.7 Å². The number of hydrogen-bond donors (Lipinski definition) is 3. The summed E-state index contributed by atoms with van der Waals surface area (Å²) < 4.78 is 0. The maximum atomic E-state index is 13.4. The number of nitrogens with zero attached hydrogens (tertiary/aromatic N) is 2. The van der Waals surface area contributed by atoms with E-state index in [2.05, 4.69) is 22.8 Å². The zero-order valence-electron chi connectivity index (χ0n) is 14.8. The van der Waals surface area contributed by atoms with Gasteiger partial charge in [0.15, 0.2) is 0 Å². The number of rotatable bonds is 3. The Morgan fingerprint density at radius 3 is 2.70 bits per heavy atom. The van der Waals surface area contributed by atoms with E-state index in [-0.39, 0.29) is 11.9 Å². The number of fused-ring (bicyclic) bond motifs is 3. The highest BCUT2D eigenvalue weighted by atomic mass is 32.1. The fraction of sp³-hybridized carbons (Fsp3) is 0.368. The van der Waals surface area contributed by atoms with Gasteiger partial charge in [-0.1, -0.05) is 12.1 Å². The van der Waals surface area contributed by atoms with Crippen LogP contribution in [0.3, 0.4) is 0 Å². The van der Waals surface area contributed by atoms with Crippen molar-refractivity contribution in [3.05, 3.63) is 40.6 Å². The van der Waals surface area contributed by atoms with Crippen LogP contribution in [0, 0.1) is 0 Å². The second kappa shape index (κ2) is 5.79. The van der Waals surface area contributed by atoms with Gasteiger partial charge in [0.25, 0.3) is 5.91 Å². The molecule has 3 atom stereocenters. The number of likely N-dealkylation sites (tertiary alicyclic amines) is 2. The van der Waals surface area contributed by atoms with E-state index in [4.69, 9.17) is 0 Å². The molecule has 5 rings (SSSR count). The molecule has 8 heteroatoms. The van der Waals surface area contributed by atoms with Crippen LogP contribution in [0.4, 0.5) is 5.69 Å². The predicted molar refractivity (Wildman–Crippen MR) is 102 cm³/mol. The lowest BCUT2D eigenvalue weighted by Gasteiger charge is -2.36. The van der Waals surface area contributed by atoms with Gasteiger partial charge >= 0.3 is 5.97 Å². The molecule has 2 fully saturated rings. The number of carboxylic acid groups (broad SMARTS) is 1. The van der Waals surface area contributed by atoms with Crippen LogP contribution in [-0.4, -0.2) is 59.0 Å². The summed E-state index contributed by atoms with van der Waals surface area (Å²) >= 11 is 1.61. The Morgan fingerprint density at radius 1 is 1.22 bits per heavy atom. The van der Waals surface area contributed by atoms with Crippen molar-refractivity contribution in [3.8, 4) is 11.1 Å². The Morgan fingerprint density at radius 2 is 2.07 bits per heavy atom. The number of nitrogens with one attached hydrogen (secondary N) is 2. The molecule has 0 saturated carbocycles. The van der Waals surface area contributed by atoms with E-state index in [1.54, 1.807) is 22.3 Å². The number of hydrogen-bond acceptors (Lipinski definition) is 6. The third-order valence-corrected chi connectivity index (χ3v) is 6.76. The zero-order chi connectivity index (χ0) is 18.8. The average Bonchev–Trinajstić information content (AvgIpc) is 3.42. The molecule has 4 heterocycles. The number of benzene rings is 1. The van der Waals surface area contributed by atoms with Gasteiger partial charge in [-0.2, -0.15) is 11.3 Å². The summed E-state index contributed by atoms with van der Waals surface area (Å²) in [6.45, 7) is 1.38. The van der Waals surface area contributed by atoms with E-state index in [1.807, 2.05) is 29.0 Å². The van der Waals surface area contributed by atoms with Crippen LogP contribution in [0.5, 0.6) is 0 Å². The highest BCUT2D eigenvalue weighted by Crippen LogP contribution is 2.41. The van der Waals surface area contributed by atoms with Gasteiger partial charge in [0.2, 0.25) is 5.54 Å². The van der Waals surface area contributed by atoms with Crippen LogP contribution in [0.2, 0.25) is 0 Å². The SMILES string of the molecule is CN1C[C@@H]2C[C@H]1CN2C(=O)C1(C(=O)O)NNc2cc(-c3ccsc3)ccc21. The zero-order valence-corrected chi connectivity index (χ0v) is 15.6. The molecule has 1 amide bonds. The van der Waals surface area contributed by atoms with E-state index in [0.29, 0.717) is 23.8 Å². The molecule has 0 spiro atoms. The Bertz CT molecular complexity index is 929. The van der Waals surface area contributed by atoms with E-state index >= 15 is 0 Å². The summed E-state index contributed by atoms with van der Waals surface area (Å²) in [7, 11) is 2.05. The van der Waals surface area contributed by atoms with Gasteiger partial charge in [-0.25, -0.2) is 10.2 Å². The van der Waals surface area contributed by atoms with Gasteiger partial charge < -0.3 is 15.4 Å². The minimum Gasteiger partial charge on any atom is -0.479 e. The lowest BCUT2D eigenvalue weighted by molar-refractivity contribution is -0.156. The molecule has 2 bridgehead atoms. The summed E-state index contributed by atoms with van der Waals surface area (Å²) in [5.41, 5.74) is 7.13. The molecule has 140 valence electrons. The monoisotopic (exact) mass is 384 g/mol. The van der Waals surface area contributed by atoms with Gasteiger partial charge in [-0.05, 0) is 47.5 Å². The first-order valence-corrected chi connectivity index (χ1v) is 9.90. The van der Waals surface area contributed by atoms with Crippen LogP contribution >= 0.6 is 11.3 Å². The number of carbonyl (C=O) groups excluding carboxylic acids is 1. The molecule has 2 aromatic rings. The van der Waals surface area contributed by atoms with Crippen molar-refractivity contribution in [2.45, 2.75) is 24.0 Å². The van der Waals surface area contributed by atoms with E-state index in [0.717, 1.165) is 24.1 Å². The number of likely N-dealkylation sites (N-methyl/N-ethyl adjacent to an activating group) is 1. The third kappa shape index (κ3) is 2.27. The molecule has 0 aliphatic carbocycles. The lowest BCUT2D eigenvalue weighted by atomic mass is 9.87. The Kier molecular flexibility index (Phi) is 3.59. The molecule has 1 unspecified atom stereocenters. The Labute approximate surface area is 160 Å². The van der Waals surface area contributed by atoms with Gasteiger partial charge in [0.1, 0.15) is 0 Å². The average molecular weight is 384 g/mol. The smallest absolute Gasteiger partial charge is 0.340 e. The summed E-state index contributed by atoms with van der Waals surface area (Å²) in [4.78, 5) is 29.7. The number of carbonyl (C=O) groups is 2. The summed E-state index contributed by atoms with van der Waals surface area (Å²) in [6.07, 6.45) is 0.912. The number of amides is 1. The van der Waals surface area contributed by atoms with E-state index in [1.165, 1.54) is 0 Å². The second-order valence-electron chi connectivity index (χ2n) is 7.52. The van der Waals surface area contributed by atoms with Gasteiger partial charge in [-0.3, -0.25) is 9.69 Å². The number of aliphatic carboxylic acids is 1. The molecule has 3 aliphatic heterocycles. The molecule has 1 aromatic heterocycles. The highest BCUT2D eigenvalue weighted by molar-refractivity contribution is 7.08. The largest absolute Gasteiger partial charge is 0.479 e. The van der Waals surface area contributed by atoms with E-state index < -0.39 is 11.5 Å². The van der Waals surface area contributed by atoms with Crippen molar-refractivity contribution in [2.75, 3.05) is 25.6 Å². The fourth-order valence-electron chi connectivity index (χ4n) is 4.57. The van der Waals surface area contributed by atoms with Gasteiger partial charge in [0, 0.05) is 30.7 Å². The molecule has 3 N–H and O–H groups in total. The normalized spacial score (nSPS) is 29.0. The Hall–Kier alpha value is -2.42. The third-order valence-electron chi connectivity index (χ3n) is 6.08. The Balaban J connectivity index is 1.53. The number of hydrazine groups is 1. The number of thiophene rings is 1. The van der Waals surface area contributed by atoms with Crippen molar-refractivity contribution in [1.29, 1.82) is 0 Å². The molecular formula is C19H20N4O3S. The first-order chi connectivity index (χ1) is 13.0. The highest BCUT2D eigenvalue weighted by Gasteiger charge is 2.58. The minimum absolute atomic E-state index is 0.0830. The van der Waals surface area contributed by atoms with Crippen molar-refractivity contribution in [2.24, 2.45) is 0 Å². The van der Waals surface area contributed by atoms with Crippen LogP contribution < -0.4 is 10.9 Å². The standard InChI is InChI=1S/C19H20N4O3S/c1-22-8-14-7-13(22)9-23(14)17(24)19(18(25)26)15-3-2-11(6-16(15)20-21-19)12-4-5-27-10-12/h2-6,10,13-14,20-21H,7-9H2,1H3,(H,25,26)/t13-,14-,19?/m0/s1. The topological polar surface area (TPSA) is 84.9 Å². The van der Waals surface area contributed by atoms with Gasteiger partial charge in [-0.15, -0.1) is 0 Å². The van der Waals surface area contributed by atoms with Crippen LogP contribution in [0.25, 0.3) is 11.1 Å². The predicted octanol–water partition coefficient (Wildman–Crippen LogP) is 1.54. The first-order valence-electron chi connectivity index (χ1n) is 8.95. The fourth-order valence-corrected chi connectivity index (χ4v) is 5.24.